The predicted octanol–water partition coefficient (Wildman–Crippen LogP) is 0.695. The molecule has 0 radical (unpaired) electrons. The van der Waals surface area contributed by atoms with E-state index in [0.717, 1.165) is 5.56 Å². The normalized spacial score (nSPS) is 10.2. The Bertz CT molecular complexity index is 355. The van der Waals surface area contributed by atoms with Crippen molar-refractivity contribution in [2.24, 2.45) is 0 Å². The van der Waals surface area contributed by atoms with Crippen LogP contribution in [0.15, 0.2) is 18.3 Å². The van der Waals surface area contributed by atoms with Crippen molar-refractivity contribution in [2.45, 2.75) is 6.54 Å². The molecule has 88 valence electrons. The summed E-state index contributed by atoms with van der Waals surface area (Å²) in [7, 11) is 4.79. The van der Waals surface area contributed by atoms with E-state index in [1.54, 1.807) is 13.3 Å². The molecule has 5 heteroatoms. The second kappa shape index (κ2) is 6.07. The number of nitrogens with zero attached hydrogens (tertiary/aromatic N) is 2. The maximum atomic E-state index is 11.1. The lowest BCUT2D eigenvalue weighted by Gasteiger charge is -2.16. The molecule has 0 atom stereocenters. The van der Waals surface area contributed by atoms with Crippen LogP contribution in [-0.4, -0.2) is 43.7 Å². The van der Waals surface area contributed by atoms with Gasteiger partial charge in [-0.05, 0) is 13.1 Å². The first-order valence-corrected chi connectivity index (χ1v) is 4.90. The molecule has 0 bridgehead atoms. The van der Waals surface area contributed by atoms with Crippen LogP contribution in [0.1, 0.15) is 5.56 Å². The molecule has 0 unspecified atom stereocenters. The van der Waals surface area contributed by atoms with E-state index in [9.17, 15) is 4.79 Å². The van der Waals surface area contributed by atoms with Gasteiger partial charge in [0.25, 0.3) is 0 Å². The van der Waals surface area contributed by atoms with Gasteiger partial charge in [0.1, 0.15) is 0 Å². The lowest BCUT2D eigenvalue weighted by molar-refractivity contribution is -0.141. The lowest BCUT2D eigenvalue weighted by Crippen LogP contribution is -2.26. The second-order valence-electron chi connectivity index (χ2n) is 3.42. The molecule has 0 aliphatic rings. The van der Waals surface area contributed by atoms with Gasteiger partial charge in [-0.25, -0.2) is 4.98 Å². The molecule has 0 spiro atoms. The molecular formula is C11H16N2O3. The standard InChI is InChI=1S/C11H16N2O3/c1-13(8-10(14)15-2)7-9-5-4-6-12-11(9)16-3/h4-6H,7-8H2,1-3H3. The minimum atomic E-state index is -0.259. The maximum absolute atomic E-state index is 11.1. The van der Waals surface area contributed by atoms with Crippen LogP contribution >= 0.6 is 0 Å². The Morgan fingerprint density at radius 1 is 1.50 bits per heavy atom. The van der Waals surface area contributed by atoms with Crippen molar-refractivity contribution in [3.63, 3.8) is 0 Å². The second-order valence-corrected chi connectivity index (χ2v) is 3.42. The van der Waals surface area contributed by atoms with Crippen LogP contribution in [0.3, 0.4) is 0 Å². The highest BCUT2D eigenvalue weighted by atomic mass is 16.5. The van der Waals surface area contributed by atoms with Crippen molar-refractivity contribution in [1.82, 2.24) is 9.88 Å². The van der Waals surface area contributed by atoms with E-state index in [4.69, 9.17) is 4.74 Å². The third kappa shape index (κ3) is 3.51. The van der Waals surface area contributed by atoms with Crippen LogP contribution in [0.2, 0.25) is 0 Å². The molecular weight excluding hydrogens is 208 g/mol. The first-order valence-electron chi connectivity index (χ1n) is 4.90. The third-order valence-electron chi connectivity index (χ3n) is 2.11. The molecule has 1 aromatic heterocycles. The van der Waals surface area contributed by atoms with Gasteiger partial charge in [-0.15, -0.1) is 0 Å². The predicted molar refractivity (Wildman–Crippen MR) is 59.1 cm³/mol. The number of hydrogen-bond donors (Lipinski definition) is 0. The quantitative estimate of drug-likeness (QED) is 0.689. The van der Waals surface area contributed by atoms with Crippen LogP contribution in [0.5, 0.6) is 5.88 Å². The van der Waals surface area contributed by atoms with Gasteiger partial charge >= 0.3 is 5.97 Å². The highest BCUT2D eigenvalue weighted by molar-refractivity contribution is 5.71. The van der Waals surface area contributed by atoms with Gasteiger partial charge in [0, 0.05) is 18.3 Å². The number of likely N-dealkylation sites (N-methyl/N-ethyl adjacent to an activating group) is 1. The van der Waals surface area contributed by atoms with E-state index in [1.807, 2.05) is 24.1 Å². The molecule has 0 amide bonds. The van der Waals surface area contributed by atoms with Gasteiger partial charge < -0.3 is 9.47 Å². The van der Waals surface area contributed by atoms with Crippen molar-refractivity contribution in [3.05, 3.63) is 23.9 Å². The minimum absolute atomic E-state index is 0.245. The van der Waals surface area contributed by atoms with E-state index in [2.05, 4.69) is 9.72 Å². The maximum Gasteiger partial charge on any atom is 0.319 e. The summed E-state index contributed by atoms with van der Waals surface area (Å²) in [4.78, 5) is 17.0. The summed E-state index contributed by atoms with van der Waals surface area (Å²) in [5.74, 6) is 0.324. The van der Waals surface area contributed by atoms with E-state index in [0.29, 0.717) is 12.4 Å². The highest BCUT2D eigenvalue weighted by Crippen LogP contribution is 2.15. The van der Waals surface area contributed by atoms with Gasteiger partial charge in [-0.2, -0.15) is 0 Å². The van der Waals surface area contributed by atoms with Crippen LogP contribution in [0.4, 0.5) is 0 Å². The number of methoxy groups -OCH3 is 2. The number of pyridine rings is 1. The van der Waals surface area contributed by atoms with Crippen LogP contribution in [-0.2, 0) is 16.1 Å². The number of carbonyl (C=O) groups excluding carboxylic acids is 1. The molecule has 0 saturated carbocycles. The van der Waals surface area contributed by atoms with E-state index < -0.39 is 0 Å². The SMILES string of the molecule is COC(=O)CN(C)Cc1cccnc1OC. The van der Waals surface area contributed by atoms with E-state index in [-0.39, 0.29) is 12.5 Å². The highest BCUT2D eigenvalue weighted by Gasteiger charge is 2.10. The fraction of sp³-hybridized carbons (Fsp3) is 0.455. The summed E-state index contributed by atoms with van der Waals surface area (Å²) >= 11 is 0. The van der Waals surface area contributed by atoms with Crippen molar-refractivity contribution < 1.29 is 14.3 Å². The van der Waals surface area contributed by atoms with Gasteiger partial charge in [-0.3, -0.25) is 9.69 Å². The van der Waals surface area contributed by atoms with Crippen molar-refractivity contribution >= 4 is 5.97 Å². The van der Waals surface area contributed by atoms with Crippen LogP contribution < -0.4 is 4.74 Å². The Kier molecular flexibility index (Phi) is 4.72. The van der Waals surface area contributed by atoms with Crippen molar-refractivity contribution in [1.29, 1.82) is 0 Å². The van der Waals surface area contributed by atoms with Crippen LogP contribution in [0.25, 0.3) is 0 Å². The first kappa shape index (κ1) is 12.4. The fourth-order valence-electron chi connectivity index (χ4n) is 1.36. The zero-order valence-corrected chi connectivity index (χ0v) is 9.77. The molecule has 0 aliphatic carbocycles. The molecule has 0 aromatic carbocycles. The fourth-order valence-corrected chi connectivity index (χ4v) is 1.36. The molecule has 1 heterocycles. The number of hydrogen-bond acceptors (Lipinski definition) is 5. The van der Waals surface area contributed by atoms with E-state index in [1.165, 1.54) is 7.11 Å². The van der Waals surface area contributed by atoms with Gasteiger partial charge in [0.2, 0.25) is 5.88 Å². The third-order valence-corrected chi connectivity index (χ3v) is 2.11. The minimum Gasteiger partial charge on any atom is -0.481 e. The monoisotopic (exact) mass is 224 g/mol. The molecule has 16 heavy (non-hydrogen) atoms. The lowest BCUT2D eigenvalue weighted by atomic mass is 10.2. The zero-order valence-electron chi connectivity index (χ0n) is 9.77. The largest absolute Gasteiger partial charge is 0.481 e. The zero-order chi connectivity index (χ0) is 12.0. The average molecular weight is 224 g/mol. The molecule has 0 aliphatic heterocycles. The number of carbonyl (C=O) groups is 1. The summed E-state index contributed by atoms with van der Waals surface area (Å²) < 4.78 is 9.71. The molecule has 0 N–H and O–H groups in total. The first-order chi connectivity index (χ1) is 7.67. The van der Waals surface area contributed by atoms with Gasteiger partial charge in [0.05, 0.1) is 20.8 Å². The summed E-state index contributed by atoms with van der Waals surface area (Å²) in [6.07, 6.45) is 1.67. The molecule has 0 saturated heterocycles. The summed E-state index contributed by atoms with van der Waals surface area (Å²) in [5.41, 5.74) is 0.941. The summed E-state index contributed by atoms with van der Waals surface area (Å²) in [5, 5.41) is 0. The van der Waals surface area contributed by atoms with E-state index >= 15 is 0 Å². The molecule has 5 nitrogen and oxygen atoms in total. The van der Waals surface area contributed by atoms with Crippen molar-refractivity contribution in [2.75, 3.05) is 27.8 Å². The molecule has 0 fully saturated rings. The Labute approximate surface area is 95.0 Å². The Hall–Kier alpha value is -1.62. The smallest absolute Gasteiger partial charge is 0.319 e. The van der Waals surface area contributed by atoms with Crippen molar-refractivity contribution in [3.8, 4) is 5.88 Å². The number of aromatic nitrogens is 1. The summed E-state index contributed by atoms with van der Waals surface area (Å²) in [6, 6.07) is 3.75. The molecule has 1 aromatic rings. The van der Waals surface area contributed by atoms with Gasteiger partial charge in [0.15, 0.2) is 0 Å². The molecule has 1 rings (SSSR count). The van der Waals surface area contributed by atoms with Crippen LogP contribution in [0, 0.1) is 0 Å². The Morgan fingerprint density at radius 3 is 2.88 bits per heavy atom. The Morgan fingerprint density at radius 2 is 2.25 bits per heavy atom. The number of esters is 1. The Balaban J connectivity index is 2.61. The summed E-state index contributed by atoms with van der Waals surface area (Å²) in [6.45, 7) is 0.834. The number of rotatable bonds is 5. The topological polar surface area (TPSA) is 51.7 Å². The average Bonchev–Trinajstić information content (AvgIpc) is 2.29. The number of ether oxygens (including phenoxy) is 2. The van der Waals surface area contributed by atoms with Gasteiger partial charge in [-0.1, -0.05) is 6.07 Å².